The second kappa shape index (κ2) is 8.76. The Morgan fingerprint density at radius 3 is 2.78 bits per heavy atom. The maximum atomic E-state index is 5.36. The normalized spacial score (nSPS) is 11.1. The molecule has 18 heavy (non-hydrogen) atoms. The molecule has 0 unspecified atom stereocenters. The van der Waals surface area contributed by atoms with Crippen LogP contribution in [0, 0.1) is 6.92 Å². The lowest BCUT2D eigenvalue weighted by Crippen LogP contribution is -2.15. The van der Waals surface area contributed by atoms with E-state index in [4.69, 9.17) is 4.74 Å². The number of aryl methyl sites for hydroxylation is 1. The van der Waals surface area contributed by atoms with Crippen molar-refractivity contribution in [2.75, 3.05) is 20.2 Å². The molecule has 1 rings (SSSR count). The van der Waals surface area contributed by atoms with Gasteiger partial charge in [-0.2, -0.15) is 0 Å². The third kappa shape index (κ3) is 5.37. The Hall–Kier alpha value is -1.28. The molecule has 0 aliphatic carbocycles. The highest BCUT2D eigenvalue weighted by Crippen LogP contribution is 2.20. The maximum absolute atomic E-state index is 5.36. The van der Waals surface area contributed by atoms with Crippen molar-refractivity contribution in [3.05, 3.63) is 41.5 Å². The van der Waals surface area contributed by atoms with Crippen molar-refractivity contribution in [3.8, 4) is 5.75 Å². The lowest BCUT2D eigenvalue weighted by Gasteiger charge is -2.07. The Labute approximate surface area is 111 Å². The Morgan fingerprint density at radius 1 is 1.22 bits per heavy atom. The fourth-order valence-electron chi connectivity index (χ4n) is 1.88. The minimum atomic E-state index is 0.943. The Balaban J connectivity index is 2.38. The molecule has 0 amide bonds. The topological polar surface area (TPSA) is 21.3 Å². The maximum Gasteiger partial charge on any atom is 0.122 e. The van der Waals surface area contributed by atoms with Crippen molar-refractivity contribution in [1.82, 2.24) is 5.32 Å². The summed E-state index contributed by atoms with van der Waals surface area (Å²) in [5.41, 5.74) is 2.54. The van der Waals surface area contributed by atoms with Crippen LogP contribution in [0.2, 0.25) is 0 Å². The van der Waals surface area contributed by atoms with Gasteiger partial charge in [0, 0.05) is 0 Å². The molecule has 0 saturated heterocycles. The smallest absolute Gasteiger partial charge is 0.122 e. The Bertz CT molecular complexity index is 371. The first-order chi connectivity index (χ1) is 8.77. The van der Waals surface area contributed by atoms with Crippen molar-refractivity contribution in [2.24, 2.45) is 0 Å². The van der Waals surface area contributed by atoms with Gasteiger partial charge in [0.2, 0.25) is 0 Å². The van der Waals surface area contributed by atoms with Gasteiger partial charge in [-0.05, 0) is 50.9 Å². The summed E-state index contributed by atoms with van der Waals surface area (Å²) >= 11 is 0. The molecular formula is C16H25NO. The summed E-state index contributed by atoms with van der Waals surface area (Å²) in [6.07, 6.45) is 7.70. The lowest BCUT2D eigenvalue weighted by molar-refractivity contribution is 0.410. The molecule has 0 aliphatic rings. The van der Waals surface area contributed by atoms with E-state index in [1.54, 1.807) is 7.11 Å². The summed E-state index contributed by atoms with van der Waals surface area (Å²) in [5, 5.41) is 3.39. The van der Waals surface area contributed by atoms with Gasteiger partial charge in [0.1, 0.15) is 5.75 Å². The first-order valence-corrected chi connectivity index (χ1v) is 6.77. The van der Waals surface area contributed by atoms with Crippen LogP contribution >= 0.6 is 0 Å². The molecule has 2 heteroatoms. The second-order valence-electron chi connectivity index (χ2n) is 4.53. The van der Waals surface area contributed by atoms with E-state index < -0.39 is 0 Å². The van der Waals surface area contributed by atoms with Gasteiger partial charge in [-0.25, -0.2) is 0 Å². The van der Waals surface area contributed by atoms with Crippen molar-refractivity contribution < 1.29 is 4.74 Å². The molecule has 0 radical (unpaired) electrons. The molecule has 1 aromatic carbocycles. The van der Waals surface area contributed by atoms with Gasteiger partial charge in [0.05, 0.1) is 7.11 Å². The zero-order valence-corrected chi connectivity index (χ0v) is 11.8. The zero-order valence-electron chi connectivity index (χ0n) is 11.8. The van der Waals surface area contributed by atoms with E-state index in [2.05, 4.69) is 43.4 Å². The van der Waals surface area contributed by atoms with E-state index in [0.29, 0.717) is 0 Å². The van der Waals surface area contributed by atoms with E-state index in [1.807, 2.05) is 6.07 Å². The summed E-state index contributed by atoms with van der Waals surface area (Å²) in [5.74, 6) is 0.981. The highest BCUT2D eigenvalue weighted by atomic mass is 16.5. The summed E-state index contributed by atoms with van der Waals surface area (Å²) in [6, 6.07) is 6.32. The van der Waals surface area contributed by atoms with Gasteiger partial charge in [-0.1, -0.05) is 36.8 Å². The van der Waals surface area contributed by atoms with Gasteiger partial charge >= 0.3 is 0 Å². The quantitative estimate of drug-likeness (QED) is 0.561. The monoisotopic (exact) mass is 247 g/mol. The fourth-order valence-corrected chi connectivity index (χ4v) is 1.88. The van der Waals surface area contributed by atoms with E-state index in [0.717, 1.165) is 31.7 Å². The van der Waals surface area contributed by atoms with Gasteiger partial charge in [0.25, 0.3) is 0 Å². The van der Waals surface area contributed by atoms with Crippen molar-refractivity contribution in [1.29, 1.82) is 0 Å². The van der Waals surface area contributed by atoms with Crippen LogP contribution in [0.4, 0.5) is 0 Å². The summed E-state index contributed by atoms with van der Waals surface area (Å²) in [6.45, 7) is 6.48. The standard InChI is InChI=1S/C16H25NO/c1-4-11-17-12-7-5-6-8-15-13-14(2)9-10-16(15)18-3/h5-6,9-10,13,17H,4,7-8,11-12H2,1-3H3. The van der Waals surface area contributed by atoms with Gasteiger partial charge < -0.3 is 10.1 Å². The van der Waals surface area contributed by atoms with E-state index >= 15 is 0 Å². The average Bonchev–Trinajstić information content (AvgIpc) is 2.38. The predicted octanol–water partition coefficient (Wildman–Crippen LogP) is 3.49. The molecule has 0 heterocycles. The molecule has 0 aromatic heterocycles. The van der Waals surface area contributed by atoms with Gasteiger partial charge in [0.15, 0.2) is 0 Å². The lowest BCUT2D eigenvalue weighted by atomic mass is 10.1. The van der Waals surface area contributed by atoms with E-state index in [1.165, 1.54) is 17.5 Å². The van der Waals surface area contributed by atoms with Crippen molar-refractivity contribution >= 4 is 0 Å². The zero-order chi connectivity index (χ0) is 13.2. The van der Waals surface area contributed by atoms with Crippen molar-refractivity contribution in [2.45, 2.75) is 33.1 Å². The number of rotatable bonds is 8. The Kier molecular flexibility index (Phi) is 7.19. The fraction of sp³-hybridized carbons (Fsp3) is 0.500. The number of hydrogen-bond donors (Lipinski definition) is 1. The van der Waals surface area contributed by atoms with Crippen LogP contribution in [-0.2, 0) is 6.42 Å². The molecule has 0 spiro atoms. The highest BCUT2D eigenvalue weighted by molar-refractivity contribution is 5.38. The van der Waals surface area contributed by atoms with Crippen LogP contribution in [0.5, 0.6) is 5.75 Å². The Morgan fingerprint density at radius 2 is 2.06 bits per heavy atom. The highest BCUT2D eigenvalue weighted by Gasteiger charge is 2.00. The number of hydrogen-bond acceptors (Lipinski definition) is 2. The minimum absolute atomic E-state index is 0.943. The second-order valence-corrected chi connectivity index (χ2v) is 4.53. The largest absolute Gasteiger partial charge is 0.496 e. The summed E-state index contributed by atoms with van der Waals surface area (Å²) in [4.78, 5) is 0. The van der Waals surface area contributed by atoms with Crippen molar-refractivity contribution in [3.63, 3.8) is 0 Å². The molecule has 1 N–H and O–H groups in total. The number of benzene rings is 1. The van der Waals surface area contributed by atoms with Crippen LogP contribution < -0.4 is 10.1 Å². The molecule has 0 atom stereocenters. The molecule has 1 aromatic rings. The van der Waals surface area contributed by atoms with Crippen LogP contribution in [0.15, 0.2) is 30.4 Å². The molecule has 100 valence electrons. The predicted molar refractivity (Wildman–Crippen MR) is 78.4 cm³/mol. The summed E-state index contributed by atoms with van der Waals surface area (Å²) in [7, 11) is 1.73. The average molecular weight is 247 g/mol. The van der Waals surface area contributed by atoms with Gasteiger partial charge in [-0.3, -0.25) is 0 Å². The molecule has 0 aliphatic heterocycles. The first kappa shape index (κ1) is 14.8. The third-order valence-corrected chi connectivity index (χ3v) is 2.85. The molecule has 0 fully saturated rings. The van der Waals surface area contributed by atoms with Gasteiger partial charge in [-0.15, -0.1) is 0 Å². The molecule has 2 nitrogen and oxygen atoms in total. The van der Waals surface area contributed by atoms with Crippen LogP contribution in [0.25, 0.3) is 0 Å². The van der Waals surface area contributed by atoms with E-state index in [9.17, 15) is 0 Å². The first-order valence-electron chi connectivity index (χ1n) is 6.77. The SMILES string of the molecule is CCCNCCC=CCc1cc(C)ccc1OC. The minimum Gasteiger partial charge on any atom is -0.496 e. The molecule has 0 bridgehead atoms. The number of nitrogens with one attached hydrogen (secondary N) is 1. The van der Waals surface area contributed by atoms with Crippen LogP contribution in [0.1, 0.15) is 30.9 Å². The summed E-state index contributed by atoms with van der Waals surface area (Å²) < 4.78 is 5.36. The number of methoxy groups -OCH3 is 1. The molecular weight excluding hydrogens is 222 g/mol. The van der Waals surface area contributed by atoms with E-state index in [-0.39, 0.29) is 0 Å². The number of allylic oxidation sites excluding steroid dienone is 1. The van der Waals surface area contributed by atoms with Crippen LogP contribution in [0.3, 0.4) is 0 Å². The number of ether oxygens (including phenoxy) is 1. The molecule has 0 saturated carbocycles. The third-order valence-electron chi connectivity index (χ3n) is 2.85. The van der Waals surface area contributed by atoms with Crippen LogP contribution in [-0.4, -0.2) is 20.2 Å².